The van der Waals surface area contributed by atoms with Crippen molar-refractivity contribution in [2.45, 2.75) is 26.3 Å². The monoisotopic (exact) mass is 289 g/mol. The lowest BCUT2D eigenvalue weighted by molar-refractivity contribution is 0.411. The van der Waals surface area contributed by atoms with Gasteiger partial charge < -0.3 is 10.5 Å². The van der Waals surface area contributed by atoms with E-state index in [-0.39, 0.29) is 6.04 Å². The van der Waals surface area contributed by atoms with Crippen molar-refractivity contribution in [2.75, 3.05) is 7.11 Å². The third-order valence-corrected chi connectivity index (χ3v) is 3.95. The molecule has 0 aliphatic carbocycles. The molecule has 106 valence electrons. The van der Waals surface area contributed by atoms with Crippen molar-refractivity contribution in [2.24, 2.45) is 5.73 Å². The molecule has 0 saturated heterocycles. The van der Waals surface area contributed by atoms with E-state index in [1.54, 1.807) is 7.11 Å². The van der Waals surface area contributed by atoms with E-state index >= 15 is 0 Å². The van der Waals surface area contributed by atoms with Crippen LogP contribution in [0.3, 0.4) is 0 Å². The summed E-state index contributed by atoms with van der Waals surface area (Å²) in [4.78, 5) is 0. The average Bonchev–Trinajstić information content (AvgIpc) is 2.43. The van der Waals surface area contributed by atoms with Crippen LogP contribution in [0.2, 0.25) is 5.02 Å². The predicted molar refractivity (Wildman–Crippen MR) is 84.6 cm³/mol. The van der Waals surface area contributed by atoms with Gasteiger partial charge in [0.1, 0.15) is 5.75 Å². The Hall–Kier alpha value is -1.51. The lowest BCUT2D eigenvalue weighted by Gasteiger charge is -2.18. The largest absolute Gasteiger partial charge is 0.496 e. The molecule has 2 nitrogen and oxygen atoms in total. The summed E-state index contributed by atoms with van der Waals surface area (Å²) in [5, 5.41) is 0.769. The molecule has 3 heteroatoms. The van der Waals surface area contributed by atoms with Gasteiger partial charge in [0.2, 0.25) is 0 Å². The molecule has 1 unspecified atom stereocenters. The molecule has 0 spiro atoms. The fraction of sp³-hybridized carbons (Fsp3) is 0.294. The number of methoxy groups -OCH3 is 1. The summed E-state index contributed by atoms with van der Waals surface area (Å²) < 4.78 is 5.34. The van der Waals surface area contributed by atoms with Gasteiger partial charge in [0.15, 0.2) is 0 Å². The number of ether oxygens (including phenoxy) is 1. The highest BCUT2D eigenvalue weighted by Crippen LogP contribution is 2.28. The number of halogens is 1. The molecule has 0 amide bonds. The van der Waals surface area contributed by atoms with E-state index in [1.807, 2.05) is 37.3 Å². The van der Waals surface area contributed by atoms with Crippen LogP contribution in [0.4, 0.5) is 0 Å². The maximum absolute atomic E-state index is 6.36. The molecular formula is C17H20ClNO. The third kappa shape index (κ3) is 3.14. The molecule has 0 aromatic heterocycles. The number of rotatable bonds is 4. The molecule has 0 bridgehead atoms. The first kappa shape index (κ1) is 14.9. The molecule has 2 aromatic rings. The highest BCUT2D eigenvalue weighted by molar-refractivity contribution is 6.31. The van der Waals surface area contributed by atoms with Gasteiger partial charge in [-0.3, -0.25) is 0 Å². The van der Waals surface area contributed by atoms with E-state index in [2.05, 4.69) is 13.0 Å². The van der Waals surface area contributed by atoms with Crippen molar-refractivity contribution in [3.8, 4) is 5.75 Å². The standard InChI is InChI=1S/C17H20ClNO/c1-11-9-17(20-3)12(2)8-14(11)16(19)10-13-6-4-5-7-15(13)18/h4-9,16H,10,19H2,1-3H3. The summed E-state index contributed by atoms with van der Waals surface area (Å²) in [6.45, 7) is 4.09. The van der Waals surface area contributed by atoms with Gasteiger partial charge in [-0.2, -0.15) is 0 Å². The minimum Gasteiger partial charge on any atom is -0.496 e. The van der Waals surface area contributed by atoms with E-state index in [1.165, 1.54) is 0 Å². The minimum absolute atomic E-state index is 0.0699. The van der Waals surface area contributed by atoms with Crippen LogP contribution in [0, 0.1) is 13.8 Å². The van der Waals surface area contributed by atoms with Crippen molar-refractivity contribution in [1.82, 2.24) is 0 Å². The van der Waals surface area contributed by atoms with E-state index in [4.69, 9.17) is 22.1 Å². The highest BCUT2D eigenvalue weighted by Gasteiger charge is 2.13. The average molecular weight is 290 g/mol. The highest BCUT2D eigenvalue weighted by atomic mass is 35.5. The Morgan fingerprint density at radius 3 is 2.50 bits per heavy atom. The number of nitrogens with two attached hydrogens (primary N) is 1. The van der Waals surface area contributed by atoms with Crippen molar-refractivity contribution in [3.05, 3.63) is 63.7 Å². The maximum atomic E-state index is 6.36. The zero-order chi connectivity index (χ0) is 14.7. The molecule has 2 rings (SSSR count). The maximum Gasteiger partial charge on any atom is 0.122 e. The Bertz CT molecular complexity index is 610. The normalized spacial score (nSPS) is 12.2. The lowest BCUT2D eigenvalue weighted by Crippen LogP contribution is -2.15. The van der Waals surface area contributed by atoms with Gasteiger partial charge in [0, 0.05) is 11.1 Å². The summed E-state index contributed by atoms with van der Waals surface area (Å²) in [7, 11) is 1.69. The van der Waals surface area contributed by atoms with Gasteiger partial charge in [0.25, 0.3) is 0 Å². The van der Waals surface area contributed by atoms with Crippen LogP contribution in [0.5, 0.6) is 5.75 Å². The molecule has 2 aromatic carbocycles. The summed E-state index contributed by atoms with van der Waals surface area (Å²) in [6.07, 6.45) is 0.728. The summed E-state index contributed by atoms with van der Waals surface area (Å²) >= 11 is 6.20. The van der Waals surface area contributed by atoms with Gasteiger partial charge in [-0.15, -0.1) is 0 Å². The fourth-order valence-electron chi connectivity index (χ4n) is 2.44. The second-order valence-electron chi connectivity index (χ2n) is 5.08. The Labute approximate surface area is 125 Å². The molecule has 0 heterocycles. The van der Waals surface area contributed by atoms with Gasteiger partial charge in [0.05, 0.1) is 7.11 Å². The van der Waals surface area contributed by atoms with Crippen LogP contribution in [-0.4, -0.2) is 7.11 Å². The first-order valence-corrected chi connectivity index (χ1v) is 7.05. The topological polar surface area (TPSA) is 35.2 Å². The second kappa shape index (κ2) is 6.29. The van der Waals surface area contributed by atoms with Gasteiger partial charge in [-0.25, -0.2) is 0 Å². The van der Waals surface area contributed by atoms with Crippen LogP contribution >= 0.6 is 11.6 Å². The Balaban J connectivity index is 2.28. The molecule has 0 saturated carbocycles. The number of hydrogen-bond donors (Lipinski definition) is 1. The SMILES string of the molecule is COc1cc(C)c(C(N)Cc2ccccc2Cl)cc1C. The zero-order valence-corrected chi connectivity index (χ0v) is 12.9. The fourth-order valence-corrected chi connectivity index (χ4v) is 2.66. The molecule has 0 radical (unpaired) electrons. The molecule has 1 atom stereocenters. The molecular weight excluding hydrogens is 270 g/mol. The van der Waals surface area contributed by atoms with Gasteiger partial charge >= 0.3 is 0 Å². The Morgan fingerprint density at radius 2 is 1.85 bits per heavy atom. The molecule has 0 aliphatic rings. The van der Waals surface area contributed by atoms with Crippen LogP contribution in [0.15, 0.2) is 36.4 Å². The van der Waals surface area contributed by atoms with E-state index < -0.39 is 0 Å². The number of hydrogen-bond acceptors (Lipinski definition) is 2. The second-order valence-corrected chi connectivity index (χ2v) is 5.49. The van der Waals surface area contributed by atoms with E-state index in [0.29, 0.717) is 0 Å². The third-order valence-electron chi connectivity index (χ3n) is 3.58. The van der Waals surface area contributed by atoms with Crippen LogP contribution in [0.25, 0.3) is 0 Å². The molecule has 2 N–H and O–H groups in total. The Kier molecular flexibility index (Phi) is 4.69. The minimum atomic E-state index is -0.0699. The molecule has 20 heavy (non-hydrogen) atoms. The predicted octanol–water partition coefficient (Wildman–Crippen LogP) is 4.21. The van der Waals surface area contributed by atoms with Crippen LogP contribution in [0.1, 0.15) is 28.3 Å². The first-order valence-electron chi connectivity index (χ1n) is 6.67. The quantitative estimate of drug-likeness (QED) is 0.915. The summed E-state index contributed by atoms with van der Waals surface area (Å²) in [5.74, 6) is 0.899. The zero-order valence-electron chi connectivity index (χ0n) is 12.1. The first-order chi connectivity index (χ1) is 9.52. The van der Waals surface area contributed by atoms with Crippen molar-refractivity contribution in [3.63, 3.8) is 0 Å². The van der Waals surface area contributed by atoms with E-state index in [9.17, 15) is 0 Å². The molecule has 0 fully saturated rings. The lowest BCUT2D eigenvalue weighted by atomic mass is 9.94. The smallest absolute Gasteiger partial charge is 0.122 e. The Morgan fingerprint density at radius 1 is 1.15 bits per heavy atom. The van der Waals surface area contributed by atoms with Gasteiger partial charge in [-0.05, 0) is 54.7 Å². The molecule has 0 aliphatic heterocycles. The van der Waals surface area contributed by atoms with Crippen LogP contribution in [-0.2, 0) is 6.42 Å². The van der Waals surface area contributed by atoms with E-state index in [0.717, 1.165) is 39.4 Å². The summed E-state index contributed by atoms with van der Waals surface area (Å²) in [6, 6.07) is 11.9. The van der Waals surface area contributed by atoms with Gasteiger partial charge in [-0.1, -0.05) is 35.9 Å². The van der Waals surface area contributed by atoms with Crippen LogP contribution < -0.4 is 10.5 Å². The number of benzene rings is 2. The van der Waals surface area contributed by atoms with Crippen molar-refractivity contribution in [1.29, 1.82) is 0 Å². The summed E-state index contributed by atoms with van der Waals surface area (Å²) in [5.41, 5.74) is 10.8. The van der Waals surface area contributed by atoms with Crippen molar-refractivity contribution >= 4 is 11.6 Å². The van der Waals surface area contributed by atoms with Crippen molar-refractivity contribution < 1.29 is 4.74 Å². The number of aryl methyl sites for hydroxylation is 2.